The van der Waals surface area contributed by atoms with E-state index in [1.165, 1.54) is 11.1 Å². The van der Waals surface area contributed by atoms with Crippen LogP contribution in [-0.4, -0.2) is 43.6 Å². The molecule has 29 heavy (non-hydrogen) atoms. The van der Waals surface area contributed by atoms with Crippen LogP contribution in [0.3, 0.4) is 0 Å². The van der Waals surface area contributed by atoms with Crippen LogP contribution < -0.4 is 16.0 Å². The fourth-order valence-corrected chi connectivity index (χ4v) is 3.36. The maximum absolute atomic E-state index is 12.0. The summed E-state index contributed by atoms with van der Waals surface area (Å²) < 4.78 is 6.10. The van der Waals surface area contributed by atoms with Gasteiger partial charge in [-0.25, -0.2) is 4.99 Å². The molecule has 7 heteroatoms. The molecule has 6 nitrogen and oxygen atoms in total. The van der Waals surface area contributed by atoms with Crippen LogP contribution in [-0.2, 0) is 9.53 Å². The third-order valence-electron chi connectivity index (χ3n) is 4.62. The van der Waals surface area contributed by atoms with Gasteiger partial charge in [-0.3, -0.25) is 4.79 Å². The summed E-state index contributed by atoms with van der Waals surface area (Å²) in [6, 6.07) is 8.59. The maximum atomic E-state index is 12.0. The second-order valence-electron chi connectivity index (χ2n) is 8.48. The molecule has 2 unspecified atom stereocenters. The molecule has 1 fully saturated rings. The van der Waals surface area contributed by atoms with E-state index in [9.17, 15) is 4.79 Å². The minimum atomic E-state index is -0.251. The molecule has 1 saturated heterocycles. The number of amides is 1. The van der Waals surface area contributed by atoms with Gasteiger partial charge in [-0.1, -0.05) is 29.8 Å². The molecule has 1 amide bonds. The number of benzene rings is 1. The zero-order valence-electron chi connectivity index (χ0n) is 18.4. The molecule has 164 valence electrons. The van der Waals surface area contributed by atoms with Crippen LogP contribution in [0.15, 0.2) is 29.3 Å². The van der Waals surface area contributed by atoms with Crippen LogP contribution in [0, 0.1) is 12.8 Å². The van der Waals surface area contributed by atoms with Crippen molar-refractivity contribution in [2.45, 2.75) is 59.1 Å². The fourth-order valence-electron chi connectivity index (χ4n) is 3.36. The van der Waals surface area contributed by atoms with E-state index >= 15 is 0 Å². The average Bonchev–Trinajstić information content (AvgIpc) is 2.63. The Balaban J connectivity index is 0.00000420. The number of guanidine groups is 1. The number of halogens is 1. The van der Waals surface area contributed by atoms with Crippen molar-refractivity contribution in [1.82, 2.24) is 16.0 Å². The van der Waals surface area contributed by atoms with Gasteiger partial charge < -0.3 is 20.7 Å². The van der Waals surface area contributed by atoms with E-state index in [4.69, 9.17) is 4.74 Å². The lowest BCUT2D eigenvalue weighted by Gasteiger charge is -2.32. The lowest BCUT2D eigenvalue weighted by atomic mass is 9.89. The Morgan fingerprint density at radius 2 is 1.90 bits per heavy atom. The highest BCUT2D eigenvalue weighted by molar-refractivity contribution is 14.0. The van der Waals surface area contributed by atoms with Crippen molar-refractivity contribution in [3.8, 4) is 0 Å². The normalized spacial score (nSPS) is 19.8. The highest BCUT2D eigenvalue weighted by Gasteiger charge is 2.27. The van der Waals surface area contributed by atoms with Gasteiger partial charge in [0.15, 0.2) is 5.96 Å². The Labute approximate surface area is 192 Å². The number of ether oxygens (including phenoxy) is 1. The molecule has 1 aromatic rings. The number of nitrogens with zero attached hydrogens (tertiary/aromatic N) is 1. The monoisotopic (exact) mass is 516 g/mol. The van der Waals surface area contributed by atoms with Crippen molar-refractivity contribution in [2.24, 2.45) is 10.9 Å². The van der Waals surface area contributed by atoms with Gasteiger partial charge in [-0.15, -0.1) is 24.0 Å². The molecule has 0 bridgehead atoms. The zero-order chi connectivity index (χ0) is 20.6. The van der Waals surface area contributed by atoms with E-state index in [0.717, 1.165) is 32.5 Å². The first-order valence-electron chi connectivity index (χ1n) is 10.3. The average molecular weight is 516 g/mol. The molecule has 0 spiro atoms. The molecule has 2 atom stereocenters. The Morgan fingerprint density at radius 1 is 1.21 bits per heavy atom. The Morgan fingerprint density at radius 3 is 2.52 bits per heavy atom. The second kappa shape index (κ2) is 12.4. The maximum Gasteiger partial charge on any atom is 0.242 e. The predicted molar refractivity (Wildman–Crippen MR) is 130 cm³/mol. The zero-order valence-corrected chi connectivity index (χ0v) is 20.7. The van der Waals surface area contributed by atoms with E-state index in [0.29, 0.717) is 11.9 Å². The van der Waals surface area contributed by atoms with Crippen LogP contribution in [0.5, 0.6) is 0 Å². The van der Waals surface area contributed by atoms with Gasteiger partial charge in [-0.05, 0) is 53.0 Å². The van der Waals surface area contributed by atoms with E-state index in [-0.39, 0.29) is 48.1 Å². The summed E-state index contributed by atoms with van der Waals surface area (Å²) in [4.78, 5) is 16.5. The van der Waals surface area contributed by atoms with E-state index in [1.54, 1.807) is 0 Å². The van der Waals surface area contributed by atoms with Gasteiger partial charge in [0.25, 0.3) is 0 Å². The van der Waals surface area contributed by atoms with Crippen molar-refractivity contribution >= 4 is 35.8 Å². The highest BCUT2D eigenvalue weighted by Crippen LogP contribution is 2.33. The summed E-state index contributed by atoms with van der Waals surface area (Å²) in [6.07, 6.45) is 2.26. The first kappa shape index (κ1) is 25.7. The standard InChI is InChI=1S/C22H36N4O2.HI/c1-6-23-21(25-15-19(27)26-22(3,4)5)24-14-18-8-7-13-28-20(18)17-11-9-16(2)10-12-17;/h9-12,18,20H,6-8,13-15H2,1-5H3,(H,26,27)(H2,23,24,25);1H. The van der Waals surface area contributed by atoms with Crippen LogP contribution in [0.2, 0.25) is 0 Å². The topological polar surface area (TPSA) is 74.8 Å². The molecule has 1 aliphatic rings. The fraction of sp³-hybridized carbons (Fsp3) is 0.636. The number of carbonyl (C=O) groups excluding carboxylic acids is 1. The molecule has 1 aliphatic heterocycles. The van der Waals surface area contributed by atoms with Crippen molar-refractivity contribution in [1.29, 1.82) is 0 Å². The molecule has 3 N–H and O–H groups in total. The van der Waals surface area contributed by atoms with Gasteiger partial charge in [0.05, 0.1) is 6.10 Å². The number of nitrogens with one attached hydrogen (secondary N) is 3. The smallest absolute Gasteiger partial charge is 0.242 e. The van der Waals surface area contributed by atoms with Gasteiger partial charge in [0.1, 0.15) is 6.54 Å². The lowest BCUT2D eigenvalue weighted by molar-refractivity contribution is -0.121. The minimum Gasteiger partial charge on any atom is -0.373 e. The summed E-state index contributed by atoms with van der Waals surface area (Å²) in [5.74, 6) is 0.951. The van der Waals surface area contributed by atoms with Crippen molar-refractivity contribution in [3.63, 3.8) is 0 Å². The van der Waals surface area contributed by atoms with Gasteiger partial charge >= 0.3 is 0 Å². The number of carbonyl (C=O) groups is 1. The second-order valence-corrected chi connectivity index (χ2v) is 8.48. The third-order valence-corrected chi connectivity index (χ3v) is 4.62. The SMILES string of the molecule is CCNC(=NCC(=O)NC(C)(C)C)NCC1CCCOC1c1ccc(C)cc1.I. The lowest BCUT2D eigenvalue weighted by Crippen LogP contribution is -2.44. The Hall–Kier alpha value is -1.35. The molecule has 0 radical (unpaired) electrons. The molecule has 1 heterocycles. The summed E-state index contributed by atoms with van der Waals surface area (Å²) in [7, 11) is 0. The summed E-state index contributed by atoms with van der Waals surface area (Å²) in [5, 5.41) is 9.55. The number of rotatable bonds is 6. The van der Waals surface area contributed by atoms with Crippen molar-refractivity contribution < 1.29 is 9.53 Å². The summed E-state index contributed by atoms with van der Waals surface area (Å²) in [6.45, 7) is 12.4. The molecule has 0 aromatic heterocycles. The molecule has 0 aliphatic carbocycles. The predicted octanol–water partition coefficient (Wildman–Crippen LogP) is 3.55. The van der Waals surface area contributed by atoms with Crippen LogP contribution in [0.1, 0.15) is 57.8 Å². The van der Waals surface area contributed by atoms with Gasteiger partial charge in [0.2, 0.25) is 5.91 Å². The molecule has 1 aromatic carbocycles. The first-order valence-corrected chi connectivity index (χ1v) is 10.3. The van der Waals surface area contributed by atoms with Crippen LogP contribution in [0.25, 0.3) is 0 Å². The van der Waals surface area contributed by atoms with Gasteiger partial charge in [0, 0.05) is 31.2 Å². The molecule has 2 rings (SSSR count). The molecular formula is C22H37IN4O2. The van der Waals surface area contributed by atoms with Crippen molar-refractivity contribution in [3.05, 3.63) is 35.4 Å². The Bertz CT molecular complexity index is 656. The number of hydrogen-bond acceptors (Lipinski definition) is 3. The third kappa shape index (κ3) is 9.33. The van der Waals surface area contributed by atoms with E-state index < -0.39 is 0 Å². The Kier molecular flexibility index (Phi) is 11.0. The summed E-state index contributed by atoms with van der Waals surface area (Å²) >= 11 is 0. The molecular weight excluding hydrogens is 479 g/mol. The number of aryl methyl sites for hydroxylation is 1. The van der Waals surface area contributed by atoms with E-state index in [1.807, 2.05) is 27.7 Å². The summed E-state index contributed by atoms with van der Waals surface area (Å²) in [5.41, 5.74) is 2.23. The van der Waals surface area contributed by atoms with Gasteiger partial charge in [-0.2, -0.15) is 0 Å². The van der Waals surface area contributed by atoms with E-state index in [2.05, 4.69) is 52.1 Å². The largest absolute Gasteiger partial charge is 0.373 e. The van der Waals surface area contributed by atoms with Crippen LogP contribution in [0.4, 0.5) is 0 Å². The molecule has 0 saturated carbocycles. The quantitative estimate of drug-likeness (QED) is 0.307. The van der Waals surface area contributed by atoms with Crippen LogP contribution >= 0.6 is 24.0 Å². The minimum absolute atomic E-state index is 0. The first-order chi connectivity index (χ1) is 13.3. The van der Waals surface area contributed by atoms with Crippen molar-refractivity contribution in [2.75, 3.05) is 26.2 Å². The number of hydrogen-bond donors (Lipinski definition) is 3. The number of aliphatic imine (C=N–C) groups is 1. The highest BCUT2D eigenvalue weighted by atomic mass is 127.